The van der Waals surface area contributed by atoms with E-state index in [0.717, 1.165) is 0 Å². The van der Waals surface area contributed by atoms with Crippen molar-refractivity contribution in [3.63, 3.8) is 0 Å². The first kappa shape index (κ1) is 13.5. The summed E-state index contributed by atoms with van der Waals surface area (Å²) in [7, 11) is 0. The highest BCUT2D eigenvalue weighted by atomic mass is 15.2. The third kappa shape index (κ3) is 2.15. The minimum absolute atomic E-state index is 0.159. The molecule has 0 saturated carbocycles. The third-order valence-electron chi connectivity index (χ3n) is 4.11. The third-order valence-corrected chi connectivity index (χ3v) is 4.11. The molecule has 2 aromatic carbocycles. The van der Waals surface area contributed by atoms with E-state index in [9.17, 15) is 0 Å². The number of benzene rings is 2. The first-order chi connectivity index (χ1) is 11.1. The second-order valence-corrected chi connectivity index (χ2v) is 5.59. The number of aromatic nitrogens is 4. The van der Waals surface area contributed by atoms with Gasteiger partial charge in [-0.3, -0.25) is 0 Å². The van der Waals surface area contributed by atoms with Crippen LogP contribution in [0.15, 0.2) is 42.7 Å². The molecular formula is C17H16N6. The maximum atomic E-state index is 5.88. The molecule has 0 atom stereocenters. The van der Waals surface area contributed by atoms with Crippen LogP contribution in [-0.2, 0) is 6.54 Å². The summed E-state index contributed by atoms with van der Waals surface area (Å²) in [6.45, 7) is 2.76. The quantitative estimate of drug-likeness (QED) is 0.593. The summed E-state index contributed by atoms with van der Waals surface area (Å²) in [4.78, 5) is 12.6. The summed E-state index contributed by atoms with van der Waals surface area (Å²) in [5.74, 6) is 0.465. The fourth-order valence-electron chi connectivity index (χ4n) is 2.92. The van der Waals surface area contributed by atoms with Gasteiger partial charge in [0, 0.05) is 0 Å². The number of hydrogen-bond donors (Lipinski definition) is 2. The Morgan fingerprint density at radius 2 is 1.87 bits per heavy atom. The molecule has 0 saturated heterocycles. The Kier molecular flexibility index (Phi) is 2.90. The van der Waals surface area contributed by atoms with Crippen molar-refractivity contribution in [2.75, 3.05) is 11.5 Å². The molecular weight excluding hydrogens is 288 g/mol. The Morgan fingerprint density at radius 3 is 2.74 bits per heavy atom. The van der Waals surface area contributed by atoms with Crippen LogP contribution >= 0.6 is 0 Å². The molecule has 6 heteroatoms. The Labute approximate surface area is 132 Å². The van der Waals surface area contributed by atoms with Gasteiger partial charge in [0.1, 0.15) is 5.52 Å². The average molecular weight is 304 g/mol. The van der Waals surface area contributed by atoms with Gasteiger partial charge in [-0.15, -0.1) is 0 Å². The Hall–Kier alpha value is -3.15. The lowest BCUT2D eigenvalue weighted by molar-refractivity contribution is 0.814. The average Bonchev–Trinajstić information content (AvgIpc) is 2.93. The van der Waals surface area contributed by atoms with Gasteiger partial charge in [-0.05, 0) is 28.8 Å². The van der Waals surface area contributed by atoms with Crippen molar-refractivity contribution in [3.8, 4) is 0 Å². The lowest BCUT2D eigenvalue weighted by Gasteiger charge is -2.11. The number of rotatable bonds is 2. The molecule has 0 radical (unpaired) electrons. The monoisotopic (exact) mass is 304 g/mol. The van der Waals surface area contributed by atoms with E-state index >= 15 is 0 Å². The molecule has 4 rings (SSSR count). The zero-order valence-electron chi connectivity index (χ0n) is 12.7. The van der Waals surface area contributed by atoms with Gasteiger partial charge in [-0.1, -0.05) is 36.4 Å². The van der Waals surface area contributed by atoms with Crippen LogP contribution in [0.1, 0.15) is 11.1 Å². The van der Waals surface area contributed by atoms with Crippen molar-refractivity contribution >= 4 is 33.7 Å². The van der Waals surface area contributed by atoms with Crippen molar-refractivity contribution in [1.29, 1.82) is 0 Å². The molecule has 0 fully saturated rings. The van der Waals surface area contributed by atoms with Gasteiger partial charge in [0.25, 0.3) is 0 Å². The molecule has 0 unspecified atom stereocenters. The van der Waals surface area contributed by atoms with Crippen molar-refractivity contribution in [2.24, 2.45) is 0 Å². The van der Waals surface area contributed by atoms with Gasteiger partial charge in [-0.2, -0.15) is 9.97 Å². The molecule has 0 bridgehead atoms. The number of aryl methyl sites for hydroxylation is 1. The molecule has 6 nitrogen and oxygen atoms in total. The SMILES string of the molecule is Cc1ccc2ccccc2c1Cn1cnc2c(N)nc(N)nc21. The second-order valence-electron chi connectivity index (χ2n) is 5.59. The molecule has 2 aromatic heterocycles. The highest BCUT2D eigenvalue weighted by Crippen LogP contribution is 2.25. The van der Waals surface area contributed by atoms with Crippen LogP contribution in [0.2, 0.25) is 0 Å². The summed E-state index contributed by atoms with van der Waals surface area (Å²) < 4.78 is 1.96. The maximum Gasteiger partial charge on any atom is 0.224 e. The van der Waals surface area contributed by atoms with Crippen LogP contribution in [0.5, 0.6) is 0 Å². The molecule has 0 aliphatic rings. The molecule has 114 valence electrons. The number of nitrogen functional groups attached to an aromatic ring is 2. The Bertz CT molecular complexity index is 1030. The first-order valence-corrected chi connectivity index (χ1v) is 7.34. The minimum Gasteiger partial charge on any atom is -0.382 e. The van der Waals surface area contributed by atoms with Crippen LogP contribution < -0.4 is 11.5 Å². The van der Waals surface area contributed by atoms with E-state index in [2.05, 4.69) is 52.2 Å². The standard InChI is InChI=1S/C17H16N6/c1-10-6-7-11-4-2-3-5-12(11)13(10)8-23-9-20-14-15(18)21-17(19)22-16(14)23/h2-7,9H,8H2,1H3,(H4,18,19,21,22). The highest BCUT2D eigenvalue weighted by molar-refractivity contribution is 5.87. The van der Waals surface area contributed by atoms with Gasteiger partial charge in [0.2, 0.25) is 5.95 Å². The number of hydrogen-bond acceptors (Lipinski definition) is 5. The summed E-state index contributed by atoms with van der Waals surface area (Å²) in [5, 5.41) is 2.44. The Morgan fingerprint density at radius 1 is 1.04 bits per heavy atom. The minimum atomic E-state index is 0.159. The number of imidazole rings is 1. The van der Waals surface area contributed by atoms with E-state index in [1.807, 2.05) is 10.6 Å². The lowest BCUT2D eigenvalue weighted by atomic mass is 10.00. The molecule has 0 aliphatic carbocycles. The van der Waals surface area contributed by atoms with Gasteiger partial charge in [0.05, 0.1) is 12.9 Å². The van der Waals surface area contributed by atoms with Crippen LogP contribution in [-0.4, -0.2) is 19.5 Å². The number of anilines is 2. The highest BCUT2D eigenvalue weighted by Gasteiger charge is 2.12. The lowest BCUT2D eigenvalue weighted by Crippen LogP contribution is -2.05. The Balaban J connectivity index is 1.90. The number of fused-ring (bicyclic) bond motifs is 2. The van der Waals surface area contributed by atoms with E-state index in [0.29, 0.717) is 23.5 Å². The van der Waals surface area contributed by atoms with E-state index in [1.165, 1.54) is 21.9 Å². The van der Waals surface area contributed by atoms with Crippen molar-refractivity contribution in [3.05, 3.63) is 53.9 Å². The number of nitrogens with zero attached hydrogens (tertiary/aromatic N) is 4. The molecule has 23 heavy (non-hydrogen) atoms. The number of nitrogens with two attached hydrogens (primary N) is 2. The molecule has 4 N–H and O–H groups in total. The fourth-order valence-corrected chi connectivity index (χ4v) is 2.92. The van der Waals surface area contributed by atoms with E-state index in [-0.39, 0.29) is 5.95 Å². The summed E-state index contributed by atoms with van der Waals surface area (Å²) >= 11 is 0. The summed E-state index contributed by atoms with van der Waals surface area (Å²) in [5.41, 5.74) is 15.3. The molecule has 0 spiro atoms. The van der Waals surface area contributed by atoms with E-state index < -0.39 is 0 Å². The van der Waals surface area contributed by atoms with Crippen LogP contribution in [0.25, 0.3) is 21.9 Å². The molecule has 4 aromatic rings. The second kappa shape index (κ2) is 4.95. The molecule has 0 aliphatic heterocycles. The van der Waals surface area contributed by atoms with Crippen molar-refractivity contribution in [1.82, 2.24) is 19.5 Å². The van der Waals surface area contributed by atoms with Gasteiger partial charge < -0.3 is 16.0 Å². The van der Waals surface area contributed by atoms with Crippen LogP contribution in [0, 0.1) is 6.92 Å². The smallest absolute Gasteiger partial charge is 0.224 e. The van der Waals surface area contributed by atoms with E-state index in [4.69, 9.17) is 11.5 Å². The zero-order chi connectivity index (χ0) is 16.0. The maximum absolute atomic E-state index is 5.88. The van der Waals surface area contributed by atoms with Gasteiger partial charge >= 0.3 is 0 Å². The van der Waals surface area contributed by atoms with Crippen molar-refractivity contribution < 1.29 is 0 Å². The molecule has 2 heterocycles. The predicted octanol–water partition coefficient (Wildman–Crippen LogP) is 2.50. The fraction of sp³-hybridized carbons (Fsp3) is 0.118. The first-order valence-electron chi connectivity index (χ1n) is 7.34. The summed E-state index contributed by atoms with van der Waals surface area (Å²) in [6, 6.07) is 12.6. The largest absolute Gasteiger partial charge is 0.382 e. The summed E-state index contributed by atoms with van der Waals surface area (Å²) in [6.07, 6.45) is 1.73. The van der Waals surface area contributed by atoms with Crippen molar-refractivity contribution in [2.45, 2.75) is 13.5 Å². The predicted molar refractivity (Wildman–Crippen MR) is 91.9 cm³/mol. The van der Waals surface area contributed by atoms with Crippen LogP contribution in [0.4, 0.5) is 11.8 Å². The topological polar surface area (TPSA) is 95.6 Å². The normalized spacial score (nSPS) is 11.3. The van der Waals surface area contributed by atoms with Gasteiger partial charge in [0.15, 0.2) is 11.5 Å². The zero-order valence-corrected chi connectivity index (χ0v) is 12.7. The van der Waals surface area contributed by atoms with Crippen LogP contribution in [0.3, 0.4) is 0 Å². The van der Waals surface area contributed by atoms with E-state index in [1.54, 1.807) is 6.33 Å². The molecule has 0 amide bonds. The van der Waals surface area contributed by atoms with Gasteiger partial charge in [-0.25, -0.2) is 4.98 Å².